The molecule has 11 heteroatoms. The lowest BCUT2D eigenvalue weighted by Crippen LogP contribution is -2.32. The molecule has 4 aromatic heterocycles. The molecule has 1 fully saturated rings. The molecule has 5 aromatic rings. The minimum Gasteiger partial charge on any atom is -0.473 e. The van der Waals surface area contributed by atoms with Gasteiger partial charge in [0, 0.05) is 47.7 Å². The number of allylic oxidation sites excluding steroid dienone is 2. The van der Waals surface area contributed by atoms with Gasteiger partial charge in [-0.1, -0.05) is 35.4 Å². The van der Waals surface area contributed by atoms with Crippen molar-refractivity contribution < 1.29 is 27.8 Å². The molecule has 0 spiro atoms. The smallest absolute Gasteiger partial charge is 0.356 e. The number of carbonyl (C=O) groups excluding carboxylic acids is 1. The second-order valence-corrected chi connectivity index (χ2v) is 11.6. The largest absolute Gasteiger partial charge is 0.473 e. The van der Waals surface area contributed by atoms with Crippen molar-refractivity contribution in [2.24, 2.45) is 0 Å². The molecule has 2 unspecified atom stereocenters. The lowest BCUT2D eigenvalue weighted by atomic mass is 9.86. The highest BCUT2D eigenvalue weighted by Crippen LogP contribution is 2.34. The highest BCUT2D eigenvalue weighted by molar-refractivity contribution is 6.35. The number of carbonyl (C=O) groups is 1. The summed E-state index contributed by atoms with van der Waals surface area (Å²) >= 11 is 6.18. The zero-order chi connectivity index (χ0) is 30.2. The van der Waals surface area contributed by atoms with Crippen molar-refractivity contribution in [3.8, 4) is 5.88 Å². The van der Waals surface area contributed by atoms with E-state index in [0.717, 1.165) is 49.3 Å². The van der Waals surface area contributed by atoms with Crippen molar-refractivity contribution in [2.75, 3.05) is 13.7 Å². The number of fused-ring (bicyclic) bond motifs is 2. The number of furan rings is 1. The highest BCUT2D eigenvalue weighted by atomic mass is 35.5. The molecule has 44 heavy (non-hydrogen) atoms. The normalized spacial score (nSPS) is 18.3. The summed E-state index contributed by atoms with van der Waals surface area (Å²) in [7, 11) is 1.35. The summed E-state index contributed by atoms with van der Waals surface area (Å²) in [6, 6.07) is 13.3. The highest BCUT2D eigenvalue weighted by Gasteiger charge is 2.25. The molecule has 2 atom stereocenters. The molecular formula is C33H30ClFN4O5. The Labute approximate surface area is 257 Å². The van der Waals surface area contributed by atoms with Crippen LogP contribution in [0.4, 0.5) is 4.39 Å². The van der Waals surface area contributed by atoms with Crippen molar-refractivity contribution in [3.05, 3.63) is 94.0 Å². The second kappa shape index (κ2) is 12.0. The van der Waals surface area contributed by atoms with E-state index >= 15 is 0 Å². The Morgan fingerprint density at radius 2 is 2.02 bits per heavy atom. The summed E-state index contributed by atoms with van der Waals surface area (Å²) in [6.07, 6.45) is 6.80. The van der Waals surface area contributed by atoms with E-state index in [9.17, 15) is 9.18 Å². The van der Waals surface area contributed by atoms with Crippen molar-refractivity contribution in [1.29, 1.82) is 0 Å². The predicted molar refractivity (Wildman–Crippen MR) is 161 cm³/mol. The third-order valence-corrected chi connectivity index (χ3v) is 8.69. The number of imidazole rings is 1. The van der Waals surface area contributed by atoms with Crippen molar-refractivity contribution in [2.45, 2.75) is 57.3 Å². The van der Waals surface area contributed by atoms with E-state index in [4.69, 9.17) is 40.2 Å². The van der Waals surface area contributed by atoms with Gasteiger partial charge in [-0.2, -0.15) is 4.39 Å². The number of methoxy groups -OCH3 is 1. The van der Waals surface area contributed by atoms with Crippen molar-refractivity contribution in [1.82, 2.24) is 19.5 Å². The fraction of sp³-hybridized carbons (Fsp3) is 0.333. The quantitative estimate of drug-likeness (QED) is 0.129. The van der Waals surface area contributed by atoms with E-state index in [1.165, 1.54) is 18.7 Å². The van der Waals surface area contributed by atoms with Crippen LogP contribution in [0.5, 0.6) is 5.88 Å². The topological polar surface area (TPSA) is 102 Å². The minimum atomic E-state index is -0.687. The number of halogens is 2. The molecule has 0 amide bonds. The van der Waals surface area contributed by atoms with Gasteiger partial charge in [-0.3, -0.25) is 0 Å². The van der Waals surface area contributed by atoms with Crippen LogP contribution in [0.25, 0.3) is 22.1 Å². The summed E-state index contributed by atoms with van der Waals surface area (Å²) in [5.41, 5.74) is 5.03. The fourth-order valence-corrected chi connectivity index (χ4v) is 6.07. The van der Waals surface area contributed by atoms with Gasteiger partial charge in [-0.25, -0.2) is 19.7 Å². The number of aromatic nitrogens is 4. The van der Waals surface area contributed by atoms with Gasteiger partial charge in [-0.15, -0.1) is 0 Å². The molecular weight excluding hydrogens is 587 g/mol. The molecule has 0 radical (unpaired) electrons. The average Bonchev–Trinajstić information content (AvgIpc) is 3.58. The lowest BCUT2D eigenvalue weighted by Gasteiger charge is -2.27. The number of hydrogen-bond acceptors (Lipinski definition) is 8. The maximum absolute atomic E-state index is 13.7. The van der Waals surface area contributed by atoms with Gasteiger partial charge in [-0.05, 0) is 49.9 Å². The van der Waals surface area contributed by atoms with Gasteiger partial charge in [0.05, 0.1) is 24.8 Å². The molecule has 0 saturated carbocycles. The summed E-state index contributed by atoms with van der Waals surface area (Å²) in [6.45, 7) is 1.58. The Kier molecular flexibility index (Phi) is 7.78. The van der Waals surface area contributed by atoms with E-state index in [1.54, 1.807) is 18.2 Å². The van der Waals surface area contributed by atoms with Crippen LogP contribution < -0.4 is 4.74 Å². The Hall–Kier alpha value is -4.28. The number of pyridine rings is 2. The number of benzene rings is 1. The third-order valence-electron chi connectivity index (χ3n) is 8.36. The molecule has 0 N–H and O–H groups in total. The number of nitrogens with zero attached hydrogens (tertiary/aromatic N) is 4. The van der Waals surface area contributed by atoms with E-state index in [1.807, 2.05) is 24.3 Å². The van der Waals surface area contributed by atoms with Crippen LogP contribution in [0.3, 0.4) is 0 Å². The number of esters is 1. The summed E-state index contributed by atoms with van der Waals surface area (Å²) in [5, 5.41) is 0.946. The van der Waals surface area contributed by atoms with Gasteiger partial charge in [0.1, 0.15) is 23.5 Å². The van der Waals surface area contributed by atoms with E-state index < -0.39 is 12.0 Å². The van der Waals surface area contributed by atoms with Crippen LogP contribution in [-0.4, -0.2) is 45.3 Å². The maximum atomic E-state index is 13.7. The average molecular weight is 617 g/mol. The summed E-state index contributed by atoms with van der Waals surface area (Å²) in [5.74, 6) is 1.20. The molecule has 0 bridgehead atoms. The standard InChI is InChI=1S/C33H30ClFN4O5/c1-41-33(40)27-12-11-26-32(38-27)39(17-22-13-14-42-22)29(36-26)15-19-5-7-20(8-6-19)25-3-2-4-30(37-25)43-18-21-9-10-24(34)23-16-28(35)44-31(21)23/h2-5,9-12,16,20,22H,6-8,13-15,17-18H2,1H3. The molecule has 5 heterocycles. The van der Waals surface area contributed by atoms with Gasteiger partial charge in [0.25, 0.3) is 6.01 Å². The monoisotopic (exact) mass is 616 g/mol. The fourth-order valence-electron chi connectivity index (χ4n) is 5.87. The van der Waals surface area contributed by atoms with Gasteiger partial charge >= 0.3 is 5.97 Å². The molecule has 1 aliphatic carbocycles. The molecule has 1 aromatic carbocycles. The minimum absolute atomic E-state index is 0.117. The van der Waals surface area contributed by atoms with Gasteiger partial charge in [0.2, 0.25) is 5.88 Å². The molecule has 7 rings (SSSR count). The first-order chi connectivity index (χ1) is 21.4. The Morgan fingerprint density at radius 1 is 1.14 bits per heavy atom. The van der Waals surface area contributed by atoms with E-state index in [-0.39, 0.29) is 24.3 Å². The zero-order valence-corrected chi connectivity index (χ0v) is 24.8. The molecule has 1 aliphatic heterocycles. The van der Waals surface area contributed by atoms with Crippen molar-refractivity contribution >= 4 is 39.7 Å². The Bertz CT molecular complexity index is 1900. The van der Waals surface area contributed by atoms with Gasteiger partial charge in [0.15, 0.2) is 11.3 Å². The molecule has 2 aliphatic rings. The Morgan fingerprint density at radius 3 is 2.80 bits per heavy atom. The predicted octanol–water partition coefficient (Wildman–Crippen LogP) is 6.96. The first-order valence-electron chi connectivity index (χ1n) is 14.7. The molecule has 9 nitrogen and oxygen atoms in total. The van der Waals surface area contributed by atoms with Crippen molar-refractivity contribution in [3.63, 3.8) is 0 Å². The SMILES string of the molecule is COC(=O)c1ccc2nc(CC3=CCC(c4cccc(OCc5ccc(Cl)c6cc(F)oc56)n4)CC3)n(CC3CCO3)c2n1. The molecule has 1 saturated heterocycles. The summed E-state index contributed by atoms with van der Waals surface area (Å²) < 4.78 is 37.6. The molecule has 226 valence electrons. The number of ether oxygens (including phenoxy) is 3. The van der Waals surface area contributed by atoms with E-state index in [2.05, 4.69) is 15.6 Å². The summed E-state index contributed by atoms with van der Waals surface area (Å²) in [4.78, 5) is 26.4. The maximum Gasteiger partial charge on any atom is 0.356 e. The van der Waals surface area contributed by atoms with Crippen LogP contribution in [0.15, 0.2) is 64.6 Å². The lowest BCUT2D eigenvalue weighted by molar-refractivity contribution is -0.0590. The first-order valence-corrected chi connectivity index (χ1v) is 15.0. The number of rotatable bonds is 9. The van der Waals surface area contributed by atoms with Crippen LogP contribution >= 0.6 is 11.6 Å². The van der Waals surface area contributed by atoms with Crippen LogP contribution in [0, 0.1) is 6.01 Å². The Balaban J connectivity index is 1.05. The van der Waals surface area contributed by atoms with Gasteiger partial charge < -0.3 is 23.2 Å². The zero-order valence-electron chi connectivity index (χ0n) is 24.1. The van der Waals surface area contributed by atoms with Crippen LogP contribution in [0.1, 0.15) is 59.2 Å². The number of hydrogen-bond donors (Lipinski definition) is 0. The van der Waals surface area contributed by atoms with Crippen LogP contribution in [-0.2, 0) is 29.0 Å². The van der Waals surface area contributed by atoms with Crippen LogP contribution in [0.2, 0.25) is 5.02 Å². The third kappa shape index (κ3) is 5.67. The first kappa shape index (κ1) is 28.5. The second-order valence-electron chi connectivity index (χ2n) is 11.2. The van der Waals surface area contributed by atoms with E-state index in [0.29, 0.717) is 46.0 Å².